The van der Waals surface area contributed by atoms with Crippen LogP contribution < -0.4 is 4.90 Å². The molecule has 0 spiro atoms. The Hall–Kier alpha value is -1.33. The van der Waals surface area contributed by atoms with Gasteiger partial charge in [0.2, 0.25) is 0 Å². The molecule has 1 aliphatic heterocycles. The molecule has 2 N–H and O–H groups in total. The fraction of sp³-hybridized carbons (Fsp3) is 0.500. The minimum atomic E-state index is -0.144. The molecule has 1 saturated heterocycles. The van der Waals surface area contributed by atoms with E-state index in [1.165, 1.54) is 6.20 Å². The van der Waals surface area contributed by atoms with Gasteiger partial charge in [-0.25, -0.2) is 4.98 Å². The second-order valence-corrected chi connectivity index (χ2v) is 3.50. The molecule has 0 bridgehead atoms. The Balaban J connectivity index is 2.06. The molecule has 1 aliphatic rings. The molecule has 0 unspecified atom stereocenters. The largest absolute Gasteiger partial charge is 0.506 e. The molecule has 0 aromatic carbocycles. The fourth-order valence-corrected chi connectivity index (χ4v) is 1.60. The van der Waals surface area contributed by atoms with Gasteiger partial charge >= 0.3 is 0 Å². The third-order valence-corrected chi connectivity index (χ3v) is 2.40. The molecule has 0 saturated carbocycles. The van der Waals surface area contributed by atoms with Gasteiger partial charge in [0, 0.05) is 13.1 Å². The Morgan fingerprint density at radius 3 is 3.07 bits per heavy atom. The number of rotatable bonds is 2. The Bertz CT molecular complexity index is 315. The smallest absolute Gasteiger partial charge is 0.134 e. The minimum absolute atomic E-state index is 0.0224. The van der Waals surface area contributed by atoms with E-state index in [9.17, 15) is 0 Å². The number of aromatic nitrogens is 1. The van der Waals surface area contributed by atoms with Crippen molar-refractivity contribution in [2.24, 2.45) is 0 Å². The number of ether oxygens (including phenoxy) is 1. The Morgan fingerprint density at radius 1 is 1.53 bits per heavy atom. The maximum Gasteiger partial charge on any atom is 0.134 e. The number of hydrogen-bond donors (Lipinski definition) is 2. The quantitative estimate of drug-likeness (QED) is 0.718. The summed E-state index contributed by atoms with van der Waals surface area (Å²) in [5, 5.41) is 18.1. The van der Waals surface area contributed by atoms with Crippen LogP contribution >= 0.6 is 0 Å². The molecule has 1 atom stereocenters. The van der Waals surface area contributed by atoms with Crippen molar-refractivity contribution in [2.45, 2.75) is 6.10 Å². The molecule has 82 valence electrons. The summed E-state index contributed by atoms with van der Waals surface area (Å²) in [6, 6.07) is 3.36. The summed E-state index contributed by atoms with van der Waals surface area (Å²) in [5.41, 5.74) is 0. The highest BCUT2D eigenvalue weighted by Crippen LogP contribution is 2.17. The van der Waals surface area contributed by atoms with Crippen LogP contribution in [0.3, 0.4) is 0 Å². The number of anilines is 1. The molecular formula is C10H14N2O3. The van der Waals surface area contributed by atoms with Gasteiger partial charge < -0.3 is 19.8 Å². The number of aromatic hydroxyl groups is 1. The zero-order valence-electron chi connectivity index (χ0n) is 8.33. The topological polar surface area (TPSA) is 65.8 Å². The van der Waals surface area contributed by atoms with E-state index < -0.39 is 0 Å². The lowest BCUT2D eigenvalue weighted by Crippen LogP contribution is -2.44. The summed E-state index contributed by atoms with van der Waals surface area (Å²) in [6.07, 6.45) is 1.27. The van der Waals surface area contributed by atoms with E-state index in [2.05, 4.69) is 4.98 Å². The van der Waals surface area contributed by atoms with Crippen molar-refractivity contribution in [3.05, 3.63) is 18.3 Å². The van der Waals surface area contributed by atoms with E-state index in [1.807, 2.05) is 4.90 Å². The first-order valence-electron chi connectivity index (χ1n) is 4.92. The fourth-order valence-electron chi connectivity index (χ4n) is 1.60. The zero-order chi connectivity index (χ0) is 10.7. The lowest BCUT2D eigenvalue weighted by Gasteiger charge is -2.32. The number of aliphatic hydroxyl groups is 1. The van der Waals surface area contributed by atoms with Gasteiger partial charge in [-0.05, 0) is 12.1 Å². The van der Waals surface area contributed by atoms with Gasteiger partial charge in [-0.2, -0.15) is 0 Å². The van der Waals surface area contributed by atoms with E-state index in [0.717, 1.165) is 12.4 Å². The number of hydrogen-bond acceptors (Lipinski definition) is 5. The summed E-state index contributed by atoms with van der Waals surface area (Å²) in [7, 11) is 0. The number of aliphatic hydroxyl groups excluding tert-OH is 1. The van der Waals surface area contributed by atoms with Crippen molar-refractivity contribution in [3.63, 3.8) is 0 Å². The molecule has 1 aromatic heterocycles. The average Bonchev–Trinajstić information content (AvgIpc) is 2.30. The van der Waals surface area contributed by atoms with Crippen molar-refractivity contribution in [1.29, 1.82) is 0 Å². The van der Waals surface area contributed by atoms with Gasteiger partial charge in [0.25, 0.3) is 0 Å². The molecule has 0 amide bonds. The van der Waals surface area contributed by atoms with Crippen LogP contribution in [-0.2, 0) is 4.74 Å². The van der Waals surface area contributed by atoms with Crippen molar-refractivity contribution in [2.75, 3.05) is 31.2 Å². The molecule has 1 aromatic rings. The Labute approximate surface area is 87.9 Å². The molecule has 0 aliphatic carbocycles. The summed E-state index contributed by atoms with van der Waals surface area (Å²) in [5.74, 6) is 0.959. The Morgan fingerprint density at radius 2 is 2.40 bits per heavy atom. The monoisotopic (exact) mass is 210 g/mol. The van der Waals surface area contributed by atoms with Gasteiger partial charge in [0.1, 0.15) is 11.6 Å². The third kappa shape index (κ3) is 2.37. The highest BCUT2D eigenvalue weighted by atomic mass is 16.5. The molecule has 2 rings (SSSR count). The van der Waals surface area contributed by atoms with E-state index in [-0.39, 0.29) is 18.5 Å². The van der Waals surface area contributed by atoms with E-state index >= 15 is 0 Å². The zero-order valence-corrected chi connectivity index (χ0v) is 8.33. The number of pyridine rings is 1. The molecule has 15 heavy (non-hydrogen) atoms. The second-order valence-electron chi connectivity index (χ2n) is 3.50. The predicted molar refractivity (Wildman–Crippen MR) is 54.9 cm³/mol. The Kier molecular flexibility index (Phi) is 3.03. The lowest BCUT2D eigenvalue weighted by molar-refractivity contribution is 0.00336. The van der Waals surface area contributed by atoms with E-state index in [0.29, 0.717) is 13.2 Å². The highest BCUT2D eigenvalue weighted by molar-refractivity contribution is 5.41. The van der Waals surface area contributed by atoms with Crippen LogP contribution in [0.25, 0.3) is 0 Å². The van der Waals surface area contributed by atoms with Crippen LogP contribution in [-0.4, -0.2) is 47.6 Å². The van der Waals surface area contributed by atoms with E-state index in [4.69, 9.17) is 14.9 Å². The van der Waals surface area contributed by atoms with Crippen molar-refractivity contribution in [1.82, 2.24) is 4.98 Å². The van der Waals surface area contributed by atoms with Gasteiger partial charge in [0.05, 0.1) is 25.5 Å². The van der Waals surface area contributed by atoms with Crippen molar-refractivity contribution < 1.29 is 14.9 Å². The van der Waals surface area contributed by atoms with Crippen LogP contribution in [0.1, 0.15) is 0 Å². The van der Waals surface area contributed by atoms with Gasteiger partial charge in [-0.3, -0.25) is 0 Å². The first-order chi connectivity index (χ1) is 7.29. The second kappa shape index (κ2) is 4.46. The third-order valence-electron chi connectivity index (χ3n) is 2.40. The molecule has 2 heterocycles. The van der Waals surface area contributed by atoms with Gasteiger partial charge in [-0.15, -0.1) is 0 Å². The molecule has 1 fully saturated rings. The first kappa shape index (κ1) is 10.2. The highest BCUT2D eigenvalue weighted by Gasteiger charge is 2.20. The first-order valence-corrected chi connectivity index (χ1v) is 4.92. The normalized spacial score (nSPS) is 21.7. The van der Waals surface area contributed by atoms with Gasteiger partial charge in [0.15, 0.2) is 0 Å². The molecule has 5 nitrogen and oxygen atoms in total. The van der Waals surface area contributed by atoms with Crippen LogP contribution in [0.15, 0.2) is 18.3 Å². The summed E-state index contributed by atoms with van der Waals surface area (Å²) in [6.45, 7) is 2.00. The van der Waals surface area contributed by atoms with Crippen LogP contribution in [0.5, 0.6) is 5.75 Å². The maximum absolute atomic E-state index is 9.11. The predicted octanol–water partition coefficient (Wildman–Crippen LogP) is -0.0153. The van der Waals surface area contributed by atoms with E-state index in [1.54, 1.807) is 12.1 Å². The standard InChI is InChI=1S/C10H14N2O3/c13-7-9-6-12(3-4-15-9)10-2-1-8(14)5-11-10/h1-2,5,9,13-14H,3-4,6-7H2/t9-/m0/s1. The molecule has 0 radical (unpaired) electrons. The van der Waals surface area contributed by atoms with Crippen LogP contribution in [0, 0.1) is 0 Å². The van der Waals surface area contributed by atoms with Crippen LogP contribution in [0.4, 0.5) is 5.82 Å². The number of nitrogens with zero attached hydrogens (tertiary/aromatic N) is 2. The van der Waals surface area contributed by atoms with Crippen molar-refractivity contribution in [3.8, 4) is 5.75 Å². The average molecular weight is 210 g/mol. The van der Waals surface area contributed by atoms with Crippen LogP contribution in [0.2, 0.25) is 0 Å². The maximum atomic E-state index is 9.11. The SMILES string of the molecule is OC[C@@H]1CN(c2ccc(O)cn2)CCO1. The molecular weight excluding hydrogens is 196 g/mol. The van der Waals surface area contributed by atoms with Crippen molar-refractivity contribution >= 4 is 5.82 Å². The summed E-state index contributed by atoms with van der Waals surface area (Å²) in [4.78, 5) is 6.14. The summed E-state index contributed by atoms with van der Waals surface area (Å²) >= 11 is 0. The minimum Gasteiger partial charge on any atom is -0.506 e. The van der Waals surface area contributed by atoms with Gasteiger partial charge in [-0.1, -0.05) is 0 Å². The molecule has 5 heteroatoms. The number of morpholine rings is 1. The lowest BCUT2D eigenvalue weighted by atomic mass is 10.3. The summed E-state index contributed by atoms with van der Waals surface area (Å²) < 4.78 is 5.33.